The van der Waals surface area contributed by atoms with Crippen LogP contribution in [0.3, 0.4) is 0 Å². The second kappa shape index (κ2) is 17.6. The number of aromatic hydroxyl groups is 1. The van der Waals surface area contributed by atoms with Gasteiger partial charge < -0.3 is 10.8 Å². The Kier molecular flexibility index (Phi) is 15.3. The second-order valence-electron chi connectivity index (χ2n) is 8.33. The van der Waals surface area contributed by atoms with Crippen LogP contribution in [0.2, 0.25) is 0 Å². The Hall–Kier alpha value is -2.08. The van der Waals surface area contributed by atoms with Gasteiger partial charge in [0.05, 0.1) is 6.42 Å². The summed E-state index contributed by atoms with van der Waals surface area (Å²) in [6.45, 7) is 2.25. The molecule has 0 aromatic heterocycles. The topological polar surface area (TPSA) is 98.9 Å². The molecule has 0 heterocycles. The zero-order valence-corrected chi connectivity index (χ0v) is 19.2. The maximum Gasteiger partial charge on any atom is 0.372 e. The van der Waals surface area contributed by atoms with Crippen molar-refractivity contribution < 1.29 is 24.5 Å². The highest BCUT2D eigenvalue weighted by molar-refractivity contribution is 5.77. The van der Waals surface area contributed by atoms with Crippen LogP contribution in [0.1, 0.15) is 102 Å². The quantitative estimate of drug-likeness (QED) is 0.184. The fraction of sp³-hybridized carbons (Fsp3) is 0.680. The van der Waals surface area contributed by atoms with Gasteiger partial charge >= 0.3 is 11.9 Å². The van der Waals surface area contributed by atoms with Gasteiger partial charge in [0.1, 0.15) is 11.8 Å². The molecule has 6 heteroatoms. The van der Waals surface area contributed by atoms with E-state index in [2.05, 4.69) is 16.7 Å². The normalized spacial score (nSPS) is 11.8. The third kappa shape index (κ3) is 14.5. The molecule has 0 bridgehead atoms. The van der Waals surface area contributed by atoms with Crippen molar-refractivity contribution in [2.24, 2.45) is 5.73 Å². The smallest absolute Gasteiger partial charge is 0.372 e. The number of carbonyl (C=O) groups is 2. The summed E-state index contributed by atoms with van der Waals surface area (Å²) in [5, 5.41) is 9.26. The number of benzene rings is 1. The first-order chi connectivity index (χ1) is 15.0. The summed E-state index contributed by atoms with van der Waals surface area (Å²) in [5.74, 6) is -1.19. The molecule has 0 saturated heterocycles. The average Bonchev–Trinajstić information content (AvgIpc) is 2.76. The Balaban J connectivity index is 1.95. The molecule has 0 aliphatic rings. The van der Waals surface area contributed by atoms with Crippen LogP contribution in [0.5, 0.6) is 5.75 Å². The van der Waals surface area contributed by atoms with Gasteiger partial charge in [-0.15, -0.1) is 0 Å². The summed E-state index contributed by atoms with van der Waals surface area (Å²) in [7, 11) is 0. The third-order valence-electron chi connectivity index (χ3n) is 5.40. The van der Waals surface area contributed by atoms with Crippen molar-refractivity contribution in [2.75, 3.05) is 0 Å². The maximum atomic E-state index is 11.8. The number of phenolic OH excluding ortho intramolecular Hbond substituents is 1. The van der Waals surface area contributed by atoms with Crippen molar-refractivity contribution in [2.45, 2.75) is 109 Å². The molecule has 31 heavy (non-hydrogen) atoms. The summed E-state index contributed by atoms with van der Waals surface area (Å²) >= 11 is 0. The largest absolute Gasteiger partial charge is 0.508 e. The Labute approximate surface area is 187 Å². The summed E-state index contributed by atoms with van der Waals surface area (Å²) < 4.78 is 0. The van der Waals surface area contributed by atoms with Crippen molar-refractivity contribution in [3.63, 3.8) is 0 Å². The van der Waals surface area contributed by atoms with Crippen LogP contribution >= 0.6 is 0 Å². The number of unbranched alkanes of at least 4 members (excludes halogenated alkanes) is 12. The van der Waals surface area contributed by atoms with Crippen molar-refractivity contribution >= 4 is 11.9 Å². The average molecular weight is 436 g/mol. The molecule has 3 N–H and O–H groups in total. The monoisotopic (exact) mass is 435 g/mol. The molecule has 0 saturated carbocycles. The van der Waals surface area contributed by atoms with E-state index >= 15 is 0 Å². The number of hydrogen-bond donors (Lipinski definition) is 2. The fourth-order valence-corrected chi connectivity index (χ4v) is 3.45. The van der Waals surface area contributed by atoms with E-state index in [9.17, 15) is 14.7 Å². The van der Waals surface area contributed by atoms with E-state index in [1.807, 2.05) is 0 Å². The number of nitrogens with two attached hydrogens (primary N) is 1. The third-order valence-corrected chi connectivity index (χ3v) is 5.40. The minimum Gasteiger partial charge on any atom is -0.508 e. The van der Waals surface area contributed by atoms with Crippen LogP contribution in [0, 0.1) is 0 Å². The van der Waals surface area contributed by atoms with E-state index in [1.54, 1.807) is 12.1 Å². The van der Waals surface area contributed by atoms with E-state index in [4.69, 9.17) is 5.73 Å². The summed E-state index contributed by atoms with van der Waals surface area (Å²) in [6, 6.07) is 5.44. The lowest BCUT2D eigenvalue weighted by Crippen LogP contribution is -2.34. The molecule has 1 unspecified atom stereocenters. The zero-order chi connectivity index (χ0) is 22.7. The summed E-state index contributed by atoms with van der Waals surface area (Å²) in [5.41, 5.74) is 6.55. The van der Waals surface area contributed by atoms with Crippen LogP contribution in [-0.4, -0.2) is 23.1 Å². The van der Waals surface area contributed by atoms with Gasteiger partial charge in [0.25, 0.3) is 0 Å². The Morgan fingerprint density at radius 1 is 0.806 bits per heavy atom. The zero-order valence-electron chi connectivity index (χ0n) is 19.2. The molecular weight excluding hydrogens is 394 g/mol. The van der Waals surface area contributed by atoms with Crippen LogP contribution in [0.25, 0.3) is 0 Å². The van der Waals surface area contributed by atoms with Crippen LogP contribution < -0.4 is 5.73 Å². The molecule has 1 aromatic carbocycles. The number of hydrogen-bond acceptors (Lipinski definition) is 6. The van der Waals surface area contributed by atoms with E-state index in [0.29, 0.717) is 0 Å². The Morgan fingerprint density at radius 3 is 1.81 bits per heavy atom. The van der Waals surface area contributed by atoms with E-state index < -0.39 is 18.0 Å². The Bertz CT molecular complexity index is 602. The molecule has 1 aromatic rings. The molecule has 6 nitrogen and oxygen atoms in total. The molecule has 0 radical (unpaired) electrons. The molecule has 0 amide bonds. The first-order valence-electron chi connectivity index (χ1n) is 12.0. The van der Waals surface area contributed by atoms with Gasteiger partial charge in [0, 0.05) is 0 Å². The predicted molar refractivity (Wildman–Crippen MR) is 122 cm³/mol. The predicted octanol–water partition coefficient (Wildman–Crippen LogP) is 5.74. The van der Waals surface area contributed by atoms with Crippen molar-refractivity contribution in [3.05, 3.63) is 29.8 Å². The standard InChI is InChI=1S/C25H41NO5/c1-2-3-4-5-6-7-8-9-10-11-12-13-14-15-24(28)30-31-25(29)23(26)20-21-16-18-22(27)19-17-21/h16-19,23,27H,2-15,20,26H2,1H3. The molecule has 1 rings (SSSR count). The summed E-state index contributed by atoms with van der Waals surface area (Å²) in [6.07, 6.45) is 16.5. The minimum absolute atomic E-state index is 0.141. The number of carbonyl (C=O) groups excluding carboxylic acids is 2. The molecule has 0 aliphatic carbocycles. The highest BCUT2D eigenvalue weighted by Gasteiger charge is 2.19. The number of rotatable bonds is 17. The molecule has 0 fully saturated rings. The van der Waals surface area contributed by atoms with Gasteiger partial charge in [0.15, 0.2) is 0 Å². The minimum atomic E-state index is -0.936. The van der Waals surface area contributed by atoms with E-state index in [1.165, 1.54) is 76.3 Å². The lowest BCUT2D eigenvalue weighted by Gasteiger charge is -2.10. The van der Waals surface area contributed by atoms with Gasteiger partial charge in [-0.2, -0.15) is 0 Å². The number of phenols is 1. The highest BCUT2D eigenvalue weighted by atomic mass is 17.2. The first-order valence-corrected chi connectivity index (χ1v) is 12.0. The van der Waals surface area contributed by atoms with Crippen molar-refractivity contribution in [3.8, 4) is 5.75 Å². The van der Waals surface area contributed by atoms with Crippen LogP contribution in [-0.2, 0) is 25.8 Å². The van der Waals surface area contributed by atoms with Gasteiger partial charge in [-0.25, -0.2) is 19.4 Å². The molecule has 0 spiro atoms. The van der Waals surface area contributed by atoms with Crippen molar-refractivity contribution in [1.29, 1.82) is 0 Å². The lowest BCUT2D eigenvalue weighted by molar-refractivity contribution is -0.260. The molecule has 176 valence electrons. The van der Waals surface area contributed by atoms with Crippen LogP contribution in [0.4, 0.5) is 0 Å². The molecule has 0 aliphatic heterocycles. The fourth-order valence-electron chi connectivity index (χ4n) is 3.45. The van der Waals surface area contributed by atoms with E-state index in [-0.39, 0.29) is 18.6 Å². The maximum absolute atomic E-state index is 11.8. The lowest BCUT2D eigenvalue weighted by atomic mass is 10.0. The summed E-state index contributed by atoms with van der Waals surface area (Å²) in [4.78, 5) is 32.7. The van der Waals surface area contributed by atoms with Crippen LogP contribution in [0.15, 0.2) is 24.3 Å². The van der Waals surface area contributed by atoms with Gasteiger partial charge in [0.2, 0.25) is 0 Å². The Morgan fingerprint density at radius 2 is 1.29 bits per heavy atom. The van der Waals surface area contributed by atoms with Crippen molar-refractivity contribution in [1.82, 2.24) is 0 Å². The van der Waals surface area contributed by atoms with E-state index in [0.717, 1.165) is 24.8 Å². The van der Waals surface area contributed by atoms with Gasteiger partial charge in [-0.1, -0.05) is 96.1 Å². The SMILES string of the molecule is CCCCCCCCCCCCCCCC(=O)OOC(=O)C(N)Cc1ccc(O)cc1. The molecule has 1 atom stereocenters. The highest BCUT2D eigenvalue weighted by Crippen LogP contribution is 2.14. The second-order valence-corrected chi connectivity index (χ2v) is 8.33. The van der Waals surface area contributed by atoms with Gasteiger partial charge in [-0.05, 0) is 30.5 Å². The van der Waals surface area contributed by atoms with Gasteiger partial charge in [-0.3, -0.25) is 0 Å². The first kappa shape index (κ1) is 27.0. The molecular formula is C25H41NO5.